The lowest BCUT2D eigenvalue weighted by atomic mass is 10.2. The SMILES string of the molecule is CS(=O)(=O)c1cccc(CCS(=O)(=O)F)c1. The third kappa shape index (κ3) is 4.28. The van der Waals surface area contributed by atoms with Crippen LogP contribution in [0, 0.1) is 0 Å². The molecule has 0 bridgehead atoms. The highest BCUT2D eigenvalue weighted by Gasteiger charge is 2.10. The van der Waals surface area contributed by atoms with E-state index in [1.165, 1.54) is 18.2 Å². The van der Waals surface area contributed by atoms with E-state index in [-0.39, 0.29) is 11.3 Å². The molecule has 0 saturated carbocycles. The fourth-order valence-corrected chi connectivity index (χ4v) is 2.34. The van der Waals surface area contributed by atoms with Crippen molar-refractivity contribution in [3.63, 3.8) is 0 Å². The summed E-state index contributed by atoms with van der Waals surface area (Å²) >= 11 is 0. The van der Waals surface area contributed by atoms with Crippen LogP contribution in [-0.2, 0) is 26.5 Å². The number of rotatable bonds is 4. The van der Waals surface area contributed by atoms with Gasteiger partial charge in [-0.15, -0.1) is 3.89 Å². The van der Waals surface area contributed by atoms with Gasteiger partial charge in [-0.05, 0) is 24.1 Å². The molecule has 0 aliphatic rings. The summed E-state index contributed by atoms with van der Waals surface area (Å²) in [5.41, 5.74) is 0.476. The minimum absolute atomic E-state index is 0.0395. The molecule has 0 fully saturated rings. The zero-order valence-electron chi connectivity index (χ0n) is 8.55. The third-order valence-electron chi connectivity index (χ3n) is 1.96. The first-order valence-electron chi connectivity index (χ1n) is 4.40. The molecule has 0 atom stereocenters. The Morgan fingerprint density at radius 2 is 1.81 bits per heavy atom. The number of sulfone groups is 1. The fraction of sp³-hybridized carbons (Fsp3) is 0.333. The highest BCUT2D eigenvalue weighted by atomic mass is 32.3. The lowest BCUT2D eigenvalue weighted by Crippen LogP contribution is -2.03. The number of halogens is 1. The summed E-state index contributed by atoms with van der Waals surface area (Å²) < 4.78 is 55.3. The summed E-state index contributed by atoms with van der Waals surface area (Å²) in [5, 5.41) is 0. The molecule has 0 spiro atoms. The second-order valence-electron chi connectivity index (χ2n) is 3.41. The van der Waals surface area contributed by atoms with E-state index in [4.69, 9.17) is 0 Å². The maximum absolute atomic E-state index is 12.3. The van der Waals surface area contributed by atoms with Gasteiger partial charge in [0.2, 0.25) is 0 Å². The van der Waals surface area contributed by atoms with Crippen molar-refractivity contribution >= 4 is 20.1 Å². The molecule has 1 aromatic rings. The molecule has 7 heteroatoms. The molecule has 0 N–H and O–H groups in total. The molecule has 4 nitrogen and oxygen atoms in total. The first kappa shape index (κ1) is 13.1. The van der Waals surface area contributed by atoms with Crippen LogP contribution >= 0.6 is 0 Å². The van der Waals surface area contributed by atoms with Crippen molar-refractivity contribution < 1.29 is 20.7 Å². The van der Waals surface area contributed by atoms with Gasteiger partial charge in [-0.3, -0.25) is 0 Å². The highest BCUT2D eigenvalue weighted by Crippen LogP contribution is 2.12. The molecule has 0 aliphatic carbocycles. The van der Waals surface area contributed by atoms with Crippen LogP contribution in [0.3, 0.4) is 0 Å². The normalized spacial score (nSPS) is 12.6. The quantitative estimate of drug-likeness (QED) is 0.760. The van der Waals surface area contributed by atoms with Crippen LogP contribution in [0.5, 0.6) is 0 Å². The van der Waals surface area contributed by atoms with Gasteiger partial charge >= 0.3 is 10.2 Å². The van der Waals surface area contributed by atoms with E-state index in [0.717, 1.165) is 6.26 Å². The summed E-state index contributed by atoms with van der Waals surface area (Å²) in [6.07, 6.45) is 1.01. The third-order valence-corrected chi connectivity index (χ3v) is 3.76. The van der Waals surface area contributed by atoms with Gasteiger partial charge in [-0.25, -0.2) is 8.42 Å². The largest absolute Gasteiger partial charge is 0.302 e. The van der Waals surface area contributed by atoms with E-state index in [2.05, 4.69) is 0 Å². The van der Waals surface area contributed by atoms with Crippen LogP contribution in [0.1, 0.15) is 5.56 Å². The van der Waals surface area contributed by atoms with Crippen LogP contribution in [0.2, 0.25) is 0 Å². The standard InChI is InChI=1S/C9H11FO4S2/c1-15(11,12)9-4-2-3-8(7-9)5-6-16(10,13)14/h2-4,7H,5-6H2,1H3. The molecule has 90 valence electrons. The second kappa shape index (κ2) is 4.50. The average Bonchev–Trinajstić information content (AvgIpc) is 2.13. The topological polar surface area (TPSA) is 68.3 Å². The van der Waals surface area contributed by atoms with Crippen LogP contribution in [-0.4, -0.2) is 28.8 Å². The fourth-order valence-electron chi connectivity index (χ4n) is 1.17. The minimum atomic E-state index is -4.52. The van der Waals surface area contributed by atoms with Gasteiger partial charge in [-0.2, -0.15) is 8.42 Å². The number of benzene rings is 1. The predicted molar refractivity (Wildman–Crippen MR) is 58.2 cm³/mol. The Hall–Kier alpha value is -0.950. The smallest absolute Gasteiger partial charge is 0.224 e. The summed E-state index contributed by atoms with van der Waals surface area (Å²) in [6, 6.07) is 5.81. The first-order valence-corrected chi connectivity index (χ1v) is 7.84. The van der Waals surface area contributed by atoms with Crippen molar-refractivity contribution in [1.82, 2.24) is 0 Å². The van der Waals surface area contributed by atoms with Gasteiger partial charge in [0.25, 0.3) is 0 Å². The van der Waals surface area contributed by atoms with E-state index >= 15 is 0 Å². The zero-order chi connectivity index (χ0) is 12.4. The number of hydrogen-bond donors (Lipinski definition) is 0. The summed E-state index contributed by atoms with van der Waals surface area (Å²) in [5.74, 6) is -0.639. The Morgan fingerprint density at radius 1 is 1.19 bits per heavy atom. The van der Waals surface area contributed by atoms with Crippen LogP contribution in [0.4, 0.5) is 3.89 Å². The molecule has 16 heavy (non-hydrogen) atoms. The Labute approximate surface area is 94.2 Å². The lowest BCUT2D eigenvalue weighted by Gasteiger charge is -2.02. The first-order chi connectivity index (χ1) is 7.18. The molecule has 1 aromatic carbocycles. The Morgan fingerprint density at radius 3 is 2.31 bits per heavy atom. The van der Waals surface area contributed by atoms with Gasteiger partial charge in [0.05, 0.1) is 10.6 Å². The van der Waals surface area contributed by atoms with Crippen molar-refractivity contribution in [2.75, 3.05) is 12.0 Å². The number of aryl methyl sites for hydroxylation is 1. The minimum Gasteiger partial charge on any atom is -0.224 e. The zero-order valence-corrected chi connectivity index (χ0v) is 10.2. The highest BCUT2D eigenvalue weighted by molar-refractivity contribution is 7.90. The molecule has 0 saturated heterocycles. The van der Waals surface area contributed by atoms with E-state index in [1.54, 1.807) is 6.07 Å². The molecule has 0 aromatic heterocycles. The van der Waals surface area contributed by atoms with E-state index in [9.17, 15) is 20.7 Å². The molecular formula is C9H11FO4S2. The van der Waals surface area contributed by atoms with Crippen LogP contribution in [0.25, 0.3) is 0 Å². The molecule has 0 aliphatic heterocycles. The molecule has 0 unspecified atom stereocenters. The van der Waals surface area contributed by atoms with Gasteiger partial charge in [0.15, 0.2) is 9.84 Å². The predicted octanol–water partition coefficient (Wildman–Crippen LogP) is 0.932. The summed E-state index contributed by atoms with van der Waals surface area (Å²) in [6.45, 7) is 0. The summed E-state index contributed by atoms with van der Waals surface area (Å²) in [4.78, 5) is 0.0984. The van der Waals surface area contributed by atoms with Gasteiger partial charge < -0.3 is 0 Å². The van der Waals surface area contributed by atoms with Crippen molar-refractivity contribution in [1.29, 1.82) is 0 Å². The van der Waals surface area contributed by atoms with Gasteiger partial charge in [0, 0.05) is 6.26 Å². The van der Waals surface area contributed by atoms with Gasteiger partial charge in [-0.1, -0.05) is 12.1 Å². The van der Waals surface area contributed by atoms with E-state index in [0.29, 0.717) is 5.56 Å². The van der Waals surface area contributed by atoms with Gasteiger partial charge in [0.1, 0.15) is 0 Å². The maximum Gasteiger partial charge on any atom is 0.302 e. The van der Waals surface area contributed by atoms with Crippen molar-refractivity contribution in [2.45, 2.75) is 11.3 Å². The van der Waals surface area contributed by atoms with Crippen molar-refractivity contribution in [3.8, 4) is 0 Å². The average molecular weight is 266 g/mol. The molecule has 1 rings (SSSR count). The molecule has 0 radical (unpaired) electrons. The Bertz CT molecular complexity index is 575. The lowest BCUT2D eigenvalue weighted by molar-refractivity contribution is 0.551. The van der Waals surface area contributed by atoms with E-state index < -0.39 is 25.8 Å². The van der Waals surface area contributed by atoms with Crippen molar-refractivity contribution in [3.05, 3.63) is 29.8 Å². The molecular weight excluding hydrogens is 255 g/mol. The monoisotopic (exact) mass is 266 g/mol. The van der Waals surface area contributed by atoms with Crippen LogP contribution in [0.15, 0.2) is 29.2 Å². The van der Waals surface area contributed by atoms with Crippen LogP contribution < -0.4 is 0 Å². The molecule has 0 heterocycles. The summed E-state index contributed by atoms with van der Waals surface area (Å²) in [7, 11) is -7.84. The van der Waals surface area contributed by atoms with E-state index in [1.807, 2.05) is 0 Å². The number of hydrogen-bond acceptors (Lipinski definition) is 4. The Kier molecular flexibility index (Phi) is 3.69. The Balaban J connectivity index is 2.92. The second-order valence-corrected chi connectivity index (χ2v) is 6.91. The maximum atomic E-state index is 12.3. The van der Waals surface area contributed by atoms with Crippen molar-refractivity contribution in [2.24, 2.45) is 0 Å². The molecule has 0 amide bonds.